The minimum atomic E-state index is -0.189. The fraction of sp³-hybridized carbons (Fsp3) is 0.600. The summed E-state index contributed by atoms with van der Waals surface area (Å²) in [5.41, 5.74) is 0.740. The van der Waals surface area contributed by atoms with Crippen molar-refractivity contribution in [3.05, 3.63) is 35.6 Å². The molecule has 0 radical (unpaired) electrons. The standard InChI is InChI=1S/C15H23FN2O/c1-2-17-15(13-5-3-4-6-14(13)16)8-10-18-9-7-12(19)11-18/h3-6,12,15,17,19H,2,7-11H2,1H3. The molecule has 106 valence electrons. The second-order valence-corrected chi connectivity index (χ2v) is 5.16. The van der Waals surface area contributed by atoms with Crippen molar-refractivity contribution >= 4 is 0 Å². The van der Waals surface area contributed by atoms with Crippen molar-refractivity contribution < 1.29 is 9.50 Å². The molecule has 1 fully saturated rings. The molecule has 4 heteroatoms. The largest absolute Gasteiger partial charge is 0.392 e. The first-order chi connectivity index (χ1) is 9.20. The summed E-state index contributed by atoms with van der Waals surface area (Å²) in [6.07, 6.45) is 1.53. The molecule has 2 unspecified atom stereocenters. The van der Waals surface area contributed by atoms with E-state index in [1.165, 1.54) is 6.07 Å². The van der Waals surface area contributed by atoms with Gasteiger partial charge in [0.25, 0.3) is 0 Å². The van der Waals surface area contributed by atoms with Gasteiger partial charge in [0.1, 0.15) is 5.82 Å². The second-order valence-electron chi connectivity index (χ2n) is 5.16. The molecule has 0 bridgehead atoms. The molecule has 0 spiro atoms. The Morgan fingerprint density at radius 1 is 1.47 bits per heavy atom. The molecule has 19 heavy (non-hydrogen) atoms. The highest BCUT2D eigenvalue weighted by molar-refractivity contribution is 5.21. The maximum absolute atomic E-state index is 13.8. The molecular weight excluding hydrogens is 243 g/mol. The van der Waals surface area contributed by atoms with Gasteiger partial charge in [0.15, 0.2) is 0 Å². The van der Waals surface area contributed by atoms with E-state index in [1.54, 1.807) is 6.07 Å². The third-order valence-corrected chi connectivity index (χ3v) is 3.71. The molecule has 1 heterocycles. The zero-order valence-corrected chi connectivity index (χ0v) is 11.5. The smallest absolute Gasteiger partial charge is 0.127 e. The molecular formula is C15H23FN2O. The summed E-state index contributed by atoms with van der Waals surface area (Å²) in [5.74, 6) is -0.144. The summed E-state index contributed by atoms with van der Waals surface area (Å²) in [4.78, 5) is 2.25. The summed E-state index contributed by atoms with van der Waals surface area (Å²) in [7, 11) is 0. The summed E-state index contributed by atoms with van der Waals surface area (Å²) in [5, 5.41) is 12.9. The first-order valence-electron chi connectivity index (χ1n) is 7.09. The topological polar surface area (TPSA) is 35.5 Å². The Bertz CT molecular complexity index is 399. The van der Waals surface area contributed by atoms with Crippen LogP contribution in [-0.2, 0) is 0 Å². The highest BCUT2D eigenvalue weighted by Gasteiger charge is 2.22. The Kier molecular flexibility index (Phi) is 5.31. The molecule has 1 saturated heterocycles. The number of aliphatic hydroxyl groups excluding tert-OH is 1. The lowest BCUT2D eigenvalue weighted by Crippen LogP contribution is -2.29. The lowest BCUT2D eigenvalue weighted by Gasteiger charge is -2.22. The lowest BCUT2D eigenvalue weighted by molar-refractivity contribution is 0.174. The second kappa shape index (κ2) is 6.98. The van der Waals surface area contributed by atoms with Crippen LogP contribution in [0, 0.1) is 5.82 Å². The van der Waals surface area contributed by atoms with E-state index in [2.05, 4.69) is 10.2 Å². The third kappa shape index (κ3) is 4.00. The molecule has 0 aliphatic carbocycles. The van der Waals surface area contributed by atoms with Crippen LogP contribution in [0.5, 0.6) is 0 Å². The number of β-amino-alcohol motifs (C(OH)–C–C–N with tert-alkyl or cyclic N) is 1. The van der Waals surface area contributed by atoms with Crippen LogP contribution >= 0.6 is 0 Å². The van der Waals surface area contributed by atoms with Gasteiger partial charge in [0.05, 0.1) is 6.10 Å². The Labute approximate surface area is 114 Å². The molecule has 1 aliphatic rings. The molecule has 1 aromatic rings. The van der Waals surface area contributed by atoms with Gasteiger partial charge in [-0.25, -0.2) is 4.39 Å². The van der Waals surface area contributed by atoms with Gasteiger partial charge in [-0.3, -0.25) is 0 Å². The van der Waals surface area contributed by atoms with Crippen LogP contribution in [-0.4, -0.2) is 42.3 Å². The maximum Gasteiger partial charge on any atom is 0.127 e. The molecule has 2 rings (SSSR count). The minimum absolute atomic E-state index is 0.0453. The van der Waals surface area contributed by atoms with Gasteiger partial charge >= 0.3 is 0 Å². The molecule has 0 aromatic heterocycles. The first kappa shape index (κ1) is 14.4. The van der Waals surface area contributed by atoms with Gasteiger partial charge in [-0.15, -0.1) is 0 Å². The average Bonchev–Trinajstić information content (AvgIpc) is 2.81. The number of nitrogens with one attached hydrogen (secondary N) is 1. The monoisotopic (exact) mass is 266 g/mol. The van der Waals surface area contributed by atoms with E-state index in [4.69, 9.17) is 0 Å². The Morgan fingerprint density at radius 3 is 2.89 bits per heavy atom. The van der Waals surface area contributed by atoms with Gasteiger partial charge in [0, 0.05) is 31.2 Å². The Morgan fingerprint density at radius 2 is 2.26 bits per heavy atom. The predicted octanol–water partition coefficient (Wildman–Crippen LogP) is 1.93. The number of aliphatic hydroxyl groups is 1. The van der Waals surface area contributed by atoms with Crippen molar-refractivity contribution in [1.29, 1.82) is 0 Å². The highest BCUT2D eigenvalue weighted by atomic mass is 19.1. The number of halogens is 1. The summed E-state index contributed by atoms with van der Waals surface area (Å²) >= 11 is 0. The zero-order chi connectivity index (χ0) is 13.7. The predicted molar refractivity (Wildman–Crippen MR) is 74.5 cm³/mol. The Hall–Kier alpha value is -0.970. The van der Waals surface area contributed by atoms with E-state index in [1.807, 2.05) is 19.1 Å². The first-order valence-corrected chi connectivity index (χ1v) is 7.09. The number of benzene rings is 1. The molecule has 2 N–H and O–H groups in total. The van der Waals surface area contributed by atoms with Crippen molar-refractivity contribution in [3.63, 3.8) is 0 Å². The Balaban J connectivity index is 1.94. The molecule has 0 amide bonds. The fourth-order valence-electron chi connectivity index (χ4n) is 2.70. The van der Waals surface area contributed by atoms with Crippen molar-refractivity contribution in [1.82, 2.24) is 10.2 Å². The molecule has 0 saturated carbocycles. The number of hydrogen-bond acceptors (Lipinski definition) is 3. The van der Waals surface area contributed by atoms with Crippen LogP contribution < -0.4 is 5.32 Å². The summed E-state index contributed by atoms with van der Waals surface area (Å²) in [6, 6.07) is 7.01. The molecule has 1 aliphatic heterocycles. The highest BCUT2D eigenvalue weighted by Crippen LogP contribution is 2.21. The van der Waals surface area contributed by atoms with Gasteiger partial charge < -0.3 is 15.3 Å². The van der Waals surface area contributed by atoms with E-state index >= 15 is 0 Å². The molecule has 1 aromatic carbocycles. The van der Waals surface area contributed by atoms with E-state index in [0.717, 1.165) is 44.6 Å². The van der Waals surface area contributed by atoms with Crippen LogP contribution in [0.1, 0.15) is 31.4 Å². The quantitative estimate of drug-likeness (QED) is 0.826. The number of hydrogen-bond donors (Lipinski definition) is 2. The van der Waals surface area contributed by atoms with Crippen molar-refractivity contribution in [2.24, 2.45) is 0 Å². The van der Waals surface area contributed by atoms with E-state index < -0.39 is 0 Å². The zero-order valence-electron chi connectivity index (χ0n) is 11.5. The van der Waals surface area contributed by atoms with Crippen LogP contribution in [0.3, 0.4) is 0 Å². The normalized spacial score (nSPS) is 21.7. The van der Waals surface area contributed by atoms with Crippen LogP contribution in [0.15, 0.2) is 24.3 Å². The SMILES string of the molecule is CCNC(CCN1CCC(O)C1)c1ccccc1F. The van der Waals surface area contributed by atoms with Gasteiger partial charge in [-0.1, -0.05) is 25.1 Å². The van der Waals surface area contributed by atoms with Crippen LogP contribution in [0.4, 0.5) is 4.39 Å². The third-order valence-electron chi connectivity index (χ3n) is 3.71. The van der Waals surface area contributed by atoms with Crippen LogP contribution in [0.2, 0.25) is 0 Å². The number of rotatable bonds is 6. The van der Waals surface area contributed by atoms with Gasteiger partial charge in [-0.05, 0) is 25.5 Å². The number of nitrogens with zero attached hydrogens (tertiary/aromatic N) is 1. The van der Waals surface area contributed by atoms with E-state index in [-0.39, 0.29) is 18.0 Å². The van der Waals surface area contributed by atoms with Crippen molar-refractivity contribution in [2.75, 3.05) is 26.2 Å². The van der Waals surface area contributed by atoms with E-state index in [9.17, 15) is 9.50 Å². The molecule has 3 nitrogen and oxygen atoms in total. The van der Waals surface area contributed by atoms with Gasteiger partial charge in [0.2, 0.25) is 0 Å². The summed E-state index contributed by atoms with van der Waals surface area (Å²) in [6.45, 7) is 5.44. The minimum Gasteiger partial charge on any atom is -0.392 e. The van der Waals surface area contributed by atoms with Crippen molar-refractivity contribution in [3.8, 4) is 0 Å². The van der Waals surface area contributed by atoms with Crippen molar-refractivity contribution in [2.45, 2.75) is 31.9 Å². The lowest BCUT2D eigenvalue weighted by atomic mass is 10.0. The fourth-order valence-corrected chi connectivity index (χ4v) is 2.70. The van der Waals surface area contributed by atoms with E-state index in [0.29, 0.717) is 0 Å². The summed E-state index contributed by atoms with van der Waals surface area (Å²) < 4.78 is 13.8. The molecule has 2 atom stereocenters. The van der Waals surface area contributed by atoms with Gasteiger partial charge in [-0.2, -0.15) is 0 Å². The number of likely N-dealkylation sites (tertiary alicyclic amines) is 1. The average molecular weight is 266 g/mol. The maximum atomic E-state index is 13.8. The van der Waals surface area contributed by atoms with Crippen LogP contribution in [0.25, 0.3) is 0 Å².